The van der Waals surface area contributed by atoms with Crippen molar-refractivity contribution in [2.45, 2.75) is 34.2 Å². The number of nitrogens with zero attached hydrogens (tertiary/aromatic N) is 3. The fourth-order valence-electron chi connectivity index (χ4n) is 2.99. The van der Waals surface area contributed by atoms with E-state index in [-0.39, 0.29) is 5.91 Å². The minimum Gasteiger partial charge on any atom is -0.351 e. The van der Waals surface area contributed by atoms with Crippen LogP contribution in [0.3, 0.4) is 0 Å². The van der Waals surface area contributed by atoms with Gasteiger partial charge in [-0.2, -0.15) is 5.10 Å². The van der Waals surface area contributed by atoms with E-state index >= 15 is 0 Å². The summed E-state index contributed by atoms with van der Waals surface area (Å²) in [6.45, 7) is 12.3. The number of aryl methyl sites for hydroxylation is 1. The molecule has 0 spiro atoms. The predicted molar refractivity (Wildman–Crippen MR) is 112 cm³/mol. The summed E-state index contributed by atoms with van der Waals surface area (Å²) in [5.41, 5.74) is 3.90. The number of aromatic nitrogens is 2. The third kappa shape index (κ3) is 5.94. The average Bonchev–Trinajstić information content (AvgIpc) is 2.92. The smallest absolute Gasteiger partial charge is 0.244 e. The minimum absolute atomic E-state index is 0.0835. The van der Waals surface area contributed by atoms with Gasteiger partial charge in [0.1, 0.15) is 0 Å². The summed E-state index contributed by atoms with van der Waals surface area (Å²) < 4.78 is 1.93. The number of nitrogens with one attached hydrogen (secondary N) is 1. The molecular formula is C21H29ClN4O. The van der Waals surface area contributed by atoms with Crippen molar-refractivity contribution in [1.82, 2.24) is 20.0 Å². The number of halogens is 1. The molecule has 0 bridgehead atoms. The second-order valence-corrected chi connectivity index (χ2v) is 6.89. The third-order valence-electron chi connectivity index (χ3n) is 4.74. The Bertz CT molecular complexity index is 793. The first-order chi connectivity index (χ1) is 13.0. The number of likely N-dealkylation sites (N-methyl/N-ethyl adjacent to an activating group) is 1. The highest BCUT2D eigenvalue weighted by Gasteiger charge is 2.11. The summed E-state index contributed by atoms with van der Waals surface area (Å²) >= 11 is 6.26. The predicted octanol–water partition coefficient (Wildman–Crippen LogP) is 3.67. The van der Waals surface area contributed by atoms with Gasteiger partial charge in [0, 0.05) is 35.4 Å². The van der Waals surface area contributed by atoms with Gasteiger partial charge in [0.2, 0.25) is 5.91 Å². The van der Waals surface area contributed by atoms with Gasteiger partial charge in [0.15, 0.2) is 0 Å². The highest BCUT2D eigenvalue weighted by Crippen LogP contribution is 2.20. The first-order valence-electron chi connectivity index (χ1n) is 9.41. The van der Waals surface area contributed by atoms with E-state index in [1.807, 2.05) is 48.9 Å². The zero-order valence-corrected chi connectivity index (χ0v) is 17.4. The molecule has 5 nitrogen and oxygen atoms in total. The lowest BCUT2D eigenvalue weighted by molar-refractivity contribution is -0.116. The number of amides is 1. The molecular weight excluding hydrogens is 360 g/mol. The molecule has 0 radical (unpaired) electrons. The Morgan fingerprint density at radius 1 is 1.26 bits per heavy atom. The van der Waals surface area contributed by atoms with Crippen molar-refractivity contribution in [3.63, 3.8) is 0 Å². The molecule has 0 atom stereocenters. The van der Waals surface area contributed by atoms with E-state index in [0.29, 0.717) is 13.1 Å². The molecule has 1 N–H and O–H groups in total. The van der Waals surface area contributed by atoms with E-state index in [2.05, 4.69) is 29.2 Å². The Kier molecular flexibility index (Phi) is 8.07. The van der Waals surface area contributed by atoms with E-state index in [1.54, 1.807) is 6.08 Å². The van der Waals surface area contributed by atoms with Crippen molar-refractivity contribution in [3.8, 4) is 0 Å². The van der Waals surface area contributed by atoms with Crippen LogP contribution in [-0.4, -0.2) is 46.8 Å². The van der Waals surface area contributed by atoms with Gasteiger partial charge in [0.05, 0.1) is 12.2 Å². The molecule has 146 valence electrons. The van der Waals surface area contributed by atoms with Crippen molar-refractivity contribution in [2.75, 3.05) is 26.2 Å². The Morgan fingerprint density at radius 3 is 2.63 bits per heavy atom. The van der Waals surface area contributed by atoms with Gasteiger partial charge in [-0.15, -0.1) is 0 Å². The fourth-order valence-corrected chi connectivity index (χ4v) is 3.18. The van der Waals surface area contributed by atoms with Gasteiger partial charge in [-0.3, -0.25) is 9.48 Å². The second kappa shape index (κ2) is 10.3. The van der Waals surface area contributed by atoms with Crippen LogP contribution in [0.15, 0.2) is 30.3 Å². The SMILES string of the molecule is CCN(CC)CCNC(=O)/C=C/c1c(C)nn(Cc2ccccc2Cl)c1C. The topological polar surface area (TPSA) is 50.2 Å². The summed E-state index contributed by atoms with van der Waals surface area (Å²) in [7, 11) is 0. The van der Waals surface area contributed by atoms with Crippen molar-refractivity contribution in [3.05, 3.63) is 57.9 Å². The van der Waals surface area contributed by atoms with E-state index in [4.69, 9.17) is 11.6 Å². The minimum atomic E-state index is -0.0835. The van der Waals surface area contributed by atoms with Gasteiger partial charge in [-0.1, -0.05) is 43.6 Å². The van der Waals surface area contributed by atoms with Crippen LogP contribution >= 0.6 is 11.6 Å². The summed E-state index contributed by atoms with van der Waals surface area (Å²) in [6, 6.07) is 7.76. The van der Waals surface area contributed by atoms with E-state index in [0.717, 1.165) is 47.2 Å². The van der Waals surface area contributed by atoms with Crippen LogP contribution in [0.2, 0.25) is 5.02 Å². The van der Waals surface area contributed by atoms with Crippen molar-refractivity contribution < 1.29 is 4.79 Å². The molecule has 1 aromatic heterocycles. The molecule has 0 fully saturated rings. The molecule has 0 unspecified atom stereocenters. The number of hydrogen-bond donors (Lipinski definition) is 1. The first-order valence-corrected chi connectivity index (χ1v) is 9.79. The molecule has 0 aliphatic heterocycles. The van der Waals surface area contributed by atoms with Crippen LogP contribution in [0.4, 0.5) is 0 Å². The summed E-state index contributed by atoms with van der Waals surface area (Å²) in [6.07, 6.45) is 3.42. The molecule has 6 heteroatoms. The average molecular weight is 389 g/mol. The zero-order valence-electron chi connectivity index (χ0n) is 16.6. The van der Waals surface area contributed by atoms with Crippen LogP contribution in [0.5, 0.6) is 0 Å². The van der Waals surface area contributed by atoms with Gasteiger partial charge in [-0.05, 0) is 44.6 Å². The zero-order chi connectivity index (χ0) is 19.8. The van der Waals surface area contributed by atoms with Gasteiger partial charge in [-0.25, -0.2) is 0 Å². The number of rotatable bonds is 9. The lowest BCUT2D eigenvalue weighted by atomic mass is 10.1. The molecule has 0 saturated carbocycles. The van der Waals surface area contributed by atoms with E-state index in [9.17, 15) is 4.79 Å². The van der Waals surface area contributed by atoms with Crippen LogP contribution in [0, 0.1) is 13.8 Å². The maximum atomic E-state index is 12.1. The lowest BCUT2D eigenvalue weighted by Gasteiger charge is -2.17. The van der Waals surface area contributed by atoms with Crippen LogP contribution in [0.1, 0.15) is 36.4 Å². The van der Waals surface area contributed by atoms with Gasteiger partial charge < -0.3 is 10.2 Å². The lowest BCUT2D eigenvalue weighted by Crippen LogP contribution is -2.34. The highest BCUT2D eigenvalue weighted by molar-refractivity contribution is 6.31. The highest BCUT2D eigenvalue weighted by atomic mass is 35.5. The standard InChI is InChI=1S/C21H29ClN4O/c1-5-25(6-2)14-13-23-21(27)12-11-19-16(3)24-26(17(19)4)15-18-9-7-8-10-20(18)22/h7-12H,5-6,13-15H2,1-4H3,(H,23,27)/b12-11+. The summed E-state index contributed by atoms with van der Waals surface area (Å²) in [5.74, 6) is -0.0835. The van der Waals surface area contributed by atoms with E-state index < -0.39 is 0 Å². The first kappa shape index (κ1) is 21.2. The molecule has 0 saturated heterocycles. The fraction of sp³-hybridized carbons (Fsp3) is 0.429. The largest absolute Gasteiger partial charge is 0.351 e. The van der Waals surface area contributed by atoms with Crippen molar-refractivity contribution >= 4 is 23.6 Å². The Hall–Kier alpha value is -2.11. The van der Waals surface area contributed by atoms with Crippen LogP contribution < -0.4 is 5.32 Å². The van der Waals surface area contributed by atoms with Gasteiger partial charge >= 0.3 is 0 Å². The number of carbonyl (C=O) groups is 1. The van der Waals surface area contributed by atoms with Gasteiger partial charge in [0.25, 0.3) is 0 Å². The molecule has 1 aromatic carbocycles. The maximum absolute atomic E-state index is 12.1. The van der Waals surface area contributed by atoms with E-state index in [1.165, 1.54) is 0 Å². The molecule has 2 rings (SSSR count). The number of hydrogen-bond acceptors (Lipinski definition) is 3. The normalized spacial score (nSPS) is 11.5. The van der Waals surface area contributed by atoms with Crippen LogP contribution in [0.25, 0.3) is 6.08 Å². The Balaban J connectivity index is 2.00. The molecule has 2 aromatic rings. The molecule has 1 amide bonds. The van der Waals surface area contributed by atoms with Crippen molar-refractivity contribution in [1.29, 1.82) is 0 Å². The maximum Gasteiger partial charge on any atom is 0.244 e. The van der Waals surface area contributed by atoms with Crippen molar-refractivity contribution in [2.24, 2.45) is 0 Å². The number of benzene rings is 1. The Morgan fingerprint density at radius 2 is 1.96 bits per heavy atom. The second-order valence-electron chi connectivity index (χ2n) is 6.48. The van der Waals surface area contributed by atoms with Crippen LogP contribution in [-0.2, 0) is 11.3 Å². The number of carbonyl (C=O) groups excluding carboxylic acids is 1. The molecule has 0 aliphatic rings. The monoisotopic (exact) mass is 388 g/mol. The summed E-state index contributed by atoms with van der Waals surface area (Å²) in [4.78, 5) is 14.4. The quantitative estimate of drug-likeness (QED) is 0.667. The molecule has 0 aliphatic carbocycles. The molecule has 1 heterocycles. The molecule has 27 heavy (non-hydrogen) atoms. The Labute approximate surface area is 167 Å². The third-order valence-corrected chi connectivity index (χ3v) is 5.11. The summed E-state index contributed by atoms with van der Waals surface area (Å²) in [5, 5.41) is 8.26.